The van der Waals surface area contributed by atoms with Crippen LogP contribution in [0.2, 0.25) is 0 Å². The van der Waals surface area contributed by atoms with Crippen LogP contribution in [0.5, 0.6) is 0 Å². The first-order valence-corrected chi connectivity index (χ1v) is 16.9. The third-order valence-corrected chi connectivity index (χ3v) is 12.4. The number of carbonyl (C=O) groups excluding carboxylic acids is 4. The first kappa shape index (κ1) is 31.1. The van der Waals surface area contributed by atoms with Gasteiger partial charge in [-0.25, -0.2) is 0 Å². The van der Waals surface area contributed by atoms with Crippen molar-refractivity contribution in [3.05, 3.63) is 144 Å². The number of carbonyl (C=O) groups is 4. The molecule has 0 aliphatic carbocycles. The van der Waals surface area contributed by atoms with Crippen LogP contribution in [0.1, 0.15) is 69.1 Å². The predicted octanol–water partition coefficient (Wildman–Crippen LogP) is 6.01. The van der Waals surface area contributed by atoms with Crippen LogP contribution in [0.4, 0.5) is 0 Å². The number of benzene rings is 5. The van der Waals surface area contributed by atoms with Gasteiger partial charge in [0.25, 0.3) is 0 Å². The lowest BCUT2D eigenvalue weighted by atomic mass is 10.1. The molecule has 0 fully saturated rings. The van der Waals surface area contributed by atoms with E-state index in [1.165, 1.54) is 0 Å². The molecule has 0 saturated carbocycles. The Balaban J connectivity index is 1.58. The molecule has 44 heavy (non-hydrogen) atoms. The summed E-state index contributed by atoms with van der Waals surface area (Å²) in [7, 11) is -1.93. The molecule has 5 aromatic carbocycles. The Bertz CT molecular complexity index is 1570. The van der Waals surface area contributed by atoms with Crippen LogP contribution in [0.25, 0.3) is 0 Å². The first-order valence-electron chi connectivity index (χ1n) is 14.3. The van der Waals surface area contributed by atoms with Gasteiger partial charge in [-0.15, -0.1) is 0 Å². The normalized spacial score (nSPS) is 11.0. The molecule has 0 aromatic heterocycles. The zero-order valence-corrected chi connectivity index (χ0v) is 26.9. The van der Waals surface area contributed by atoms with Gasteiger partial charge >= 0.3 is 0 Å². The van der Waals surface area contributed by atoms with Crippen LogP contribution in [0, 0.1) is 0 Å². The van der Waals surface area contributed by atoms with Gasteiger partial charge in [0.15, 0.2) is 23.1 Å². The molecule has 5 aromatic rings. The molecule has 0 radical (unpaired) electrons. The van der Waals surface area contributed by atoms with Crippen LogP contribution in [0.15, 0.2) is 121 Å². The van der Waals surface area contributed by atoms with Gasteiger partial charge in [0.2, 0.25) is 0 Å². The molecule has 0 aliphatic rings. The number of ketones is 4. The third kappa shape index (κ3) is 6.89. The molecule has 6 heteroatoms. The number of hydrogen-bond acceptors (Lipinski definition) is 4. The smallest absolute Gasteiger partial charge is 0.159 e. The minimum atomic E-state index is -0.963. The topological polar surface area (TPSA) is 68.3 Å². The molecule has 0 unspecified atom stereocenters. The second-order valence-corrected chi connectivity index (χ2v) is 15.0. The SMILES string of the molecule is CC(=O)c1ccc(P(c2ccc(C(C)=O)cc2)c2ccc(P(c3ccc(C(C)=O)cc3)c3ccc(C(C)=O)cc3)cc2)cc1. The highest BCUT2D eigenvalue weighted by atomic mass is 31.1. The first-order chi connectivity index (χ1) is 21.1. The molecule has 218 valence electrons. The molecular formula is C38H32O4P2. The minimum absolute atomic E-state index is 0.0251. The van der Waals surface area contributed by atoms with Crippen molar-refractivity contribution in [2.45, 2.75) is 27.7 Å². The van der Waals surface area contributed by atoms with Crippen LogP contribution in [-0.4, -0.2) is 23.1 Å². The molecule has 0 N–H and O–H groups in total. The van der Waals surface area contributed by atoms with E-state index >= 15 is 0 Å². The molecule has 0 saturated heterocycles. The van der Waals surface area contributed by atoms with E-state index < -0.39 is 15.8 Å². The monoisotopic (exact) mass is 614 g/mol. The standard InChI is InChI=1S/C38H32O4P2/c1-25(39)29-5-13-33(14-6-29)43(34-15-7-30(8-16-34)26(2)40)37-21-23-38(24-22-37)44(35-17-9-31(10-18-35)27(3)41)36-19-11-32(12-20-36)28(4)42/h5-24H,1-4H3. The van der Waals surface area contributed by atoms with Crippen molar-refractivity contribution in [1.29, 1.82) is 0 Å². The van der Waals surface area contributed by atoms with E-state index in [2.05, 4.69) is 24.3 Å². The van der Waals surface area contributed by atoms with Crippen molar-refractivity contribution < 1.29 is 19.2 Å². The Morgan fingerprint density at radius 1 is 0.295 bits per heavy atom. The maximum atomic E-state index is 11.9. The average molecular weight is 615 g/mol. The van der Waals surface area contributed by atoms with Gasteiger partial charge in [0, 0.05) is 22.3 Å². The largest absolute Gasteiger partial charge is 0.295 e. The molecule has 5 rings (SSSR count). The number of Topliss-reactive ketones (excluding diaryl/α,β-unsaturated/α-hetero) is 4. The summed E-state index contributed by atoms with van der Waals surface area (Å²) in [4.78, 5) is 47.8. The number of hydrogen-bond donors (Lipinski definition) is 0. The van der Waals surface area contributed by atoms with Gasteiger partial charge < -0.3 is 0 Å². The highest BCUT2D eigenvalue weighted by Crippen LogP contribution is 2.36. The van der Waals surface area contributed by atoms with Gasteiger partial charge in [-0.1, -0.05) is 121 Å². The van der Waals surface area contributed by atoms with Crippen molar-refractivity contribution in [2.75, 3.05) is 0 Å². The summed E-state index contributed by atoms with van der Waals surface area (Å²) in [5.74, 6) is 0.100. The molecule has 0 heterocycles. The maximum absolute atomic E-state index is 11.9. The van der Waals surface area contributed by atoms with E-state index in [4.69, 9.17) is 0 Å². The lowest BCUT2D eigenvalue weighted by Crippen LogP contribution is -2.24. The Hall–Kier alpha value is -4.36. The maximum Gasteiger partial charge on any atom is 0.159 e. The third-order valence-electron chi connectivity index (χ3n) is 7.49. The Kier molecular flexibility index (Phi) is 9.55. The van der Waals surface area contributed by atoms with E-state index in [0.29, 0.717) is 22.3 Å². The van der Waals surface area contributed by atoms with Crippen LogP contribution in [-0.2, 0) is 0 Å². The molecule has 0 aliphatic heterocycles. The van der Waals surface area contributed by atoms with E-state index in [9.17, 15) is 19.2 Å². The fourth-order valence-electron chi connectivity index (χ4n) is 5.03. The fraction of sp³-hybridized carbons (Fsp3) is 0.105. The molecular weight excluding hydrogens is 582 g/mol. The second-order valence-electron chi connectivity index (χ2n) is 10.6. The Labute approximate surface area is 260 Å². The highest BCUT2D eigenvalue weighted by molar-refractivity contribution is 7.80. The lowest BCUT2D eigenvalue weighted by molar-refractivity contribution is 0.100. The van der Waals surface area contributed by atoms with Crippen LogP contribution >= 0.6 is 15.8 Å². The molecule has 0 atom stereocenters. The zero-order valence-electron chi connectivity index (χ0n) is 25.1. The van der Waals surface area contributed by atoms with Crippen molar-refractivity contribution in [3.8, 4) is 0 Å². The molecule has 0 amide bonds. The van der Waals surface area contributed by atoms with Gasteiger partial charge in [-0.2, -0.15) is 0 Å². The molecule has 0 spiro atoms. The minimum Gasteiger partial charge on any atom is -0.295 e. The fourth-order valence-corrected chi connectivity index (χ4v) is 9.50. The summed E-state index contributed by atoms with van der Waals surface area (Å²) >= 11 is 0. The van der Waals surface area contributed by atoms with Crippen molar-refractivity contribution >= 4 is 70.8 Å². The van der Waals surface area contributed by atoms with Crippen LogP contribution in [0.3, 0.4) is 0 Å². The highest BCUT2D eigenvalue weighted by Gasteiger charge is 2.21. The van der Waals surface area contributed by atoms with Gasteiger partial charge in [-0.05, 0) is 75.4 Å². The summed E-state index contributed by atoms with van der Waals surface area (Å²) < 4.78 is 0. The zero-order chi connectivity index (χ0) is 31.4. The average Bonchev–Trinajstić information content (AvgIpc) is 3.03. The summed E-state index contributed by atoms with van der Waals surface area (Å²) in [6.07, 6.45) is 0. The Morgan fingerprint density at radius 2 is 0.432 bits per heavy atom. The summed E-state index contributed by atoms with van der Waals surface area (Å²) in [6, 6.07) is 39.9. The van der Waals surface area contributed by atoms with E-state index in [1.807, 2.05) is 97.1 Å². The predicted molar refractivity (Wildman–Crippen MR) is 184 cm³/mol. The van der Waals surface area contributed by atoms with Crippen LogP contribution < -0.4 is 31.8 Å². The molecule has 4 nitrogen and oxygen atoms in total. The number of rotatable bonds is 10. The summed E-state index contributed by atoms with van der Waals surface area (Å²) in [6.45, 7) is 6.26. The lowest BCUT2D eigenvalue weighted by Gasteiger charge is -2.23. The van der Waals surface area contributed by atoms with Gasteiger partial charge in [0.1, 0.15) is 0 Å². The quantitative estimate of drug-likeness (QED) is 0.143. The van der Waals surface area contributed by atoms with E-state index in [-0.39, 0.29) is 23.1 Å². The van der Waals surface area contributed by atoms with Crippen molar-refractivity contribution in [1.82, 2.24) is 0 Å². The van der Waals surface area contributed by atoms with E-state index in [1.54, 1.807) is 27.7 Å². The summed E-state index contributed by atoms with van der Waals surface area (Å²) in [5.41, 5.74) is 2.68. The van der Waals surface area contributed by atoms with Crippen molar-refractivity contribution in [3.63, 3.8) is 0 Å². The van der Waals surface area contributed by atoms with E-state index in [0.717, 1.165) is 31.8 Å². The Morgan fingerprint density at radius 3 is 0.568 bits per heavy atom. The summed E-state index contributed by atoms with van der Waals surface area (Å²) in [5, 5.41) is 6.71. The molecule has 0 bridgehead atoms. The van der Waals surface area contributed by atoms with Gasteiger partial charge in [0.05, 0.1) is 0 Å². The van der Waals surface area contributed by atoms with Gasteiger partial charge in [-0.3, -0.25) is 19.2 Å². The second kappa shape index (κ2) is 13.5. The van der Waals surface area contributed by atoms with Crippen molar-refractivity contribution in [2.24, 2.45) is 0 Å².